The lowest BCUT2D eigenvalue weighted by Gasteiger charge is -2.05. The number of aromatic nitrogens is 1. The van der Waals surface area contributed by atoms with Gasteiger partial charge in [-0.1, -0.05) is 29.3 Å². The Labute approximate surface area is 170 Å². The predicted octanol–water partition coefficient (Wildman–Crippen LogP) is 5.62. The minimum Gasteiger partial charge on any atom is -0.436 e. The van der Waals surface area contributed by atoms with Crippen LogP contribution in [-0.2, 0) is 0 Å². The van der Waals surface area contributed by atoms with Crippen LogP contribution in [0.2, 0.25) is 5.02 Å². The van der Waals surface area contributed by atoms with E-state index in [4.69, 9.17) is 16.0 Å². The van der Waals surface area contributed by atoms with Crippen LogP contribution in [0.3, 0.4) is 0 Å². The molecule has 0 spiro atoms. The van der Waals surface area contributed by atoms with Crippen molar-refractivity contribution in [3.05, 3.63) is 86.9 Å². The highest BCUT2D eigenvalue weighted by atomic mass is 35.5. The van der Waals surface area contributed by atoms with E-state index in [0.717, 1.165) is 17.2 Å². The maximum Gasteiger partial charge on any atom is 0.288 e. The Hall–Kier alpha value is -3.71. The van der Waals surface area contributed by atoms with Crippen LogP contribution < -0.4 is 5.32 Å². The summed E-state index contributed by atoms with van der Waals surface area (Å²) >= 11 is 5.79. The van der Waals surface area contributed by atoms with Gasteiger partial charge in [0, 0.05) is 22.9 Å². The largest absolute Gasteiger partial charge is 0.436 e. The summed E-state index contributed by atoms with van der Waals surface area (Å²) in [5, 5.41) is 13.7. The van der Waals surface area contributed by atoms with E-state index < -0.39 is 10.8 Å². The summed E-state index contributed by atoms with van der Waals surface area (Å²) in [4.78, 5) is 27.3. The fourth-order valence-electron chi connectivity index (χ4n) is 2.82. The second kappa shape index (κ2) is 7.37. The summed E-state index contributed by atoms with van der Waals surface area (Å²) in [7, 11) is 0. The number of benzene rings is 3. The minimum absolute atomic E-state index is 0.0285. The number of nitrogens with zero attached hydrogens (tertiary/aromatic N) is 2. The Morgan fingerprint density at radius 1 is 1.10 bits per heavy atom. The summed E-state index contributed by atoms with van der Waals surface area (Å²) in [5.74, 6) is -0.0110. The molecule has 7 nitrogen and oxygen atoms in total. The van der Waals surface area contributed by atoms with Crippen LogP contribution in [0.1, 0.15) is 15.9 Å². The van der Waals surface area contributed by atoms with Crippen molar-refractivity contribution in [2.24, 2.45) is 0 Å². The van der Waals surface area contributed by atoms with Crippen molar-refractivity contribution < 1.29 is 14.1 Å². The molecule has 8 heteroatoms. The summed E-state index contributed by atoms with van der Waals surface area (Å²) in [6.45, 7) is 2.00. The number of rotatable bonds is 4. The number of amides is 1. The first-order chi connectivity index (χ1) is 13.9. The summed E-state index contributed by atoms with van der Waals surface area (Å²) < 4.78 is 5.78. The van der Waals surface area contributed by atoms with Crippen LogP contribution in [0.4, 0.5) is 11.4 Å². The summed E-state index contributed by atoms with van der Waals surface area (Å²) in [6.07, 6.45) is 0. The monoisotopic (exact) mass is 407 g/mol. The Kier molecular flexibility index (Phi) is 4.74. The number of nitrogens with one attached hydrogen (secondary N) is 1. The fourth-order valence-corrected chi connectivity index (χ4v) is 3.01. The molecule has 144 valence electrons. The van der Waals surface area contributed by atoms with Crippen molar-refractivity contribution in [3.63, 3.8) is 0 Å². The van der Waals surface area contributed by atoms with Crippen molar-refractivity contribution in [2.45, 2.75) is 6.92 Å². The molecule has 0 aliphatic heterocycles. The van der Waals surface area contributed by atoms with Crippen molar-refractivity contribution in [1.82, 2.24) is 4.98 Å². The average Bonchev–Trinajstić information content (AvgIpc) is 3.12. The lowest BCUT2D eigenvalue weighted by atomic mass is 10.1. The number of anilines is 1. The van der Waals surface area contributed by atoms with Crippen LogP contribution in [-0.4, -0.2) is 15.8 Å². The van der Waals surface area contributed by atoms with Gasteiger partial charge in [-0.3, -0.25) is 14.9 Å². The molecule has 0 bridgehead atoms. The molecule has 4 rings (SSSR count). The lowest BCUT2D eigenvalue weighted by Crippen LogP contribution is -2.12. The Bertz CT molecular complexity index is 1250. The molecule has 29 heavy (non-hydrogen) atoms. The molecule has 0 atom stereocenters. The highest BCUT2D eigenvalue weighted by Gasteiger charge is 2.17. The number of fused-ring (bicyclic) bond motifs is 1. The quantitative estimate of drug-likeness (QED) is 0.350. The van der Waals surface area contributed by atoms with Gasteiger partial charge in [-0.25, -0.2) is 4.98 Å². The third-order valence-electron chi connectivity index (χ3n) is 4.35. The van der Waals surface area contributed by atoms with Crippen LogP contribution in [0.15, 0.2) is 65.1 Å². The van der Waals surface area contributed by atoms with E-state index in [1.54, 1.807) is 18.2 Å². The van der Waals surface area contributed by atoms with Crippen LogP contribution in [0.25, 0.3) is 22.6 Å². The van der Waals surface area contributed by atoms with E-state index >= 15 is 0 Å². The molecule has 1 aromatic heterocycles. The Morgan fingerprint density at radius 2 is 1.86 bits per heavy atom. The smallest absolute Gasteiger partial charge is 0.288 e. The molecule has 4 aromatic rings. The number of carbonyl (C=O) groups is 1. The van der Waals surface area contributed by atoms with E-state index in [0.29, 0.717) is 22.7 Å². The number of nitro benzene ring substituents is 1. The fraction of sp³-hybridized carbons (Fsp3) is 0.0476. The number of carbonyl (C=O) groups excluding carboxylic acids is 1. The normalized spacial score (nSPS) is 10.8. The number of oxazole rings is 1. The van der Waals surface area contributed by atoms with Gasteiger partial charge in [0.15, 0.2) is 5.58 Å². The maximum atomic E-state index is 12.5. The van der Waals surface area contributed by atoms with E-state index in [9.17, 15) is 14.9 Å². The maximum absolute atomic E-state index is 12.5. The molecule has 1 N–H and O–H groups in total. The number of hydrogen-bond acceptors (Lipinski definition) is 5. The molecule has 0 aliphatic carbocycles. The van der Waals surface area contributed by atoms with Gasteiger partial charge in [-0.2, -0.15) is 0 Å². The number of aryl methyl sites for hydroxylation is 1. The van der Waals surface area contributed by atoms with Gasteiger partial charge in [-0.15, -0.1) is 0 Å². The second-order valence-electron chi connectivity index (χ2n) is 6.44. The van der Waals surface area contributed by atoms with Gasteiger partial charge >= 0.3 is 0 Å². The molecular formula is C21H14ClN3O4. The molecular weight excluding hydrogens is 394 g/mol. The third kappa shape index (κ3) is 3.81. The van der Waals surface area contributed by atoms with Gasteiger partial charge in [-0.05, 0) is 49.4 Å². The zero-order valence-electron chi connectivity index (χ0n) is 15.2. The molecule has 0 saturated heterocycles. The minimum atomic E-state index is -0.632. The molecule has 0 radical (unpaired) electrons. The van der Waals surface area contributed by atoms with Crippen molar-refractivity contribution in [1.29, 1.82) is 0 Å². The zero-order chi connectivity index (χ0) is 20.5. The van der Waals surface area contributed by atoms with E-state index in [2.05, 4.69) is 10.3 Å². The number of hydrogen-bond donors (Lipinski definition) is 1. The molecule has 0 unspecified atom stereocenters. The van der Waals surface area contributed by atoms with Crippen LogP contribution in [0.5, 0.6) is 0 Å². The van der Waals surface area contributed by atoms with Crippen LogP contribution in [0, 0.1) is 17.0 Å². The van der Waals surface area contributed by atoms with E-state index in [1.807, 2.05) is 31.2 Å². The molecule has 1 heterocycles. The SMILES string of the molecule is Cc1ccc(-c2nc3cc(NC(=O)c4ccc(Cl)c([N+](=O)[O-])c4)ccc3o2)cc1. The van der Waals surface area contributed by atoms with Gasteiger partial charge in [0.25, 0.3) is 11.6 Å². The van der Waals surface area contributed by atoms with Crippen LogP contribution >= 0.6 is 11.6 Å². The first kappa shape index (κ1) is 18.6. The van der Waals surface area contributed by atoms with Crippen molar-refractivity contribution in [3.8, 4) is 11.5 Å². The van der Waals surface area contributed by atoms with Gasteiger partial charge in [0.05, 0.1) is 4.92 Å². The topological polar surface area (TPSA) is 98.3 Å². The van der Waals surface area contributed by atoms with Gasteiger partial charge in [0.2, 0.25) is 5.89 Å². The Morgan fingerprint density at radius 3 is 2.59 bits per heavy atom. The number of halogens is 1. The average molecular weight is 408 g/mol. The molecule has 0 saturated carbocycles. The van der Waals surface area contributed by atoms with Gasteiger partial charge < -0.3 is 9.73 Å². The van der Waals surface area contributed by atoms with E-state index in [-0.39, 0.29) is 16.3 Å². The van der Waals surface area contributed by atoms with Gasteiger partial charge in [0.1, 0.15) is 10.5 Å². The number of nitro groups is 1. The molecule has 1 amide bonds. The molecule has 0 aliphatic rings. The standard InChI is InChI=1S/C21H14ClN3O4/c1-12-2-4-13(5-3-12)21-24-17-11-15(7-9-19(17)29-21)23-20(26)14-6-8-16(22)18(10-14)25(27)28/h2-11H,1H3,(H,23,26). The van der Waals surface area contributed by atoms with E-state index in [1.165, 1.54) is 12.1 Å². The zero-order valence-corrected chi connectivity index (χ0v) is 15.9. The highest BCUT2D eigenvalue weighted by Crippen LogP contribution is 2.28. The first-order valence-electron chi connectivity index (χ1n) is 8.63. The highest BCUT2D eigenvalue weighted by molar-refractivity contribution is 6.32. The molecule has 3 aromatic carbocycles. The predicted molar refractivity (Wildman–Crippen MR) is 110 cm³/mol. The summed E-state index contributed by atoms with van der Waals surface area (Å²) in [6, 6.07) is 16.8. The second-order valence-corrected chi connectivity index (χ2v) is 6.85. The summed E-state index contributed by atoms with van der Waals surface area (Å²) in [5.41, 5.74) is 3.45. The lowest BCUT2D eigenvalue weighted by molar-refractivity contribution is -0.384. The van der Waals surface area contributed by atoms with Crippen molar-refractivity contribution in [2.75, 3.05) is 5.32 Å². The third-order valence-corrected chi connectivity index (χ3v) is 4.67. The first-order valence-corrected chi connectivity index (χ1v) is 9.01. The Balaban J connectivity index is 1.60. The van der Waals surface area contributed by atoms with Crippen molar-refractivity contribution >= 4 is 40.0 Å². The molecule has 0 fully saturated rings.